The molecule has 1 aromatic heterocycles. The number of tetrazole rings is 1. The molecule has 23 heavy (non-hydrogen) atoms. The van der Waals surface area contributed by atoms with E-state index in [2.05, 4.69) is 20.8 Å². The molecular formula is C16H21N5O2. The summed E-state index contributed by atoms with van der Waals surface area (Å²) in [6.07, 6.45) is 2.58. The molecule has 1 saturated carbocycles. The molecule has 0 unspecified atom stereocenters. The molecule has 0 bridgehead atoms. The summed E-state index contributed by atoms with van der Waals surface area (Å²) in [5.41, 5.74) is 2.59. The topological polar surface area (TPSA) is 81.9 Å². The SMILES string of the molecule is COC(=O)C1(NCc2nnnn2-c2c(C)cccc2C)CCC1. The van der Waals surface area contributed by atoms with Crippen molar-refractivity contribution in [2.45, 2.75) is 45.2 Å². The van der Waals surface area contributed by atoms with Crippen LogP contribution in [0.4, 0.5) is 0 Å². The molecule has 1 aliphatic rings. The number of carbonyl (C=O) groups excluding carboxylic acids is 1. The Balaban J connectivity index is 1.84. The van der Waals surface area contributed by atoms with Crippen molar-refractivity contribution in [1.29, 1.82) is 0 Å². The number of rotatable bonds is 5. The zero-order valence-electron chi connectivity index (χ0n) is 13.7. The van der Waals surface area contributed by atoms with E-state index >= 15 is 0 Å². The second-order valence-corrected chi connectivity index (χ2v) is 6.03. The number of hydrogen-bond acceptors (Lipinski definition) is 6. The number of nitrogens with one attached hydrogen (secondary N) is 1. The van der Waals surface area contributed by atoms with Crippen LogP contribution in [0, 0.1) is 13.8 Å². The van der Waals surface area contributed by atoms with Crippen LogP contribution < -0.4 is 5.32 Å². The molecule has 0 aliphatic heterocycles. The zero-order chi connectivity index (χ0) is 16.4. The Kier molecular flexibility index (Phi) is 4.12. The van der Waals surface area contributed by atoms with Gasteiger partial charge in [-0.2, -0.15) is 4.68 Å². The van der Waals surface area contributed by atoms with Crippen molar-refractivity contribution >= 4 is 5.97 Å². The van der Waals surface area contributed by atoms with Gasteiger partial charge in [0.2, 0.25) is 0 Å². The van der Waals surface area contributed by atoms with Gasteiger partial charge in [-0.3, -0.25) is 10.1 Å². The van der Waals surface area contributed by atoms with Gasteiger partial charge < -0.3 is 4.74 Å². The maximum atomic E-state index is 12.0. The van der Waals surface area contributed by atoms with E-state index in [9.17, 15) is 4.79 Å². The van der Waals surface area contributed by atoms with Crippen LogP contribution >= 0.6 is 0 Å². The quantitative estimate of drug-likeness (QED) is 0.841. The molecule has 1 aliphatic carbocycles. The number of aromatic nitrogens is 4. The minimum atomic E-state index is -0.591. The van der Waals surface area contributed by atoms with Gasteiger partial charge in [-0.1, -0.05) is 18.2 Å². The van der Waals surface area contributed by atoms with Crippen LogP contribution in [0.5, 0.6) is 0 Å². The molecule has 3 rings (SSSR count). The first-order valence-corrected chi connectivity index (χ1v) is 7.75. The van der Waals surface area contributed by atoms with E-state index in [4.69, 9.17) is 4.74 Å². The van der Waals surface area contributed by atoms with Crippen molar-refractivity contribution in [3.8, 4) is 5.69 Å². The largest absolute Gasteiger partial charge is 0.468 e. The van der Waals surface area contributed by atoms with Gasteiger partial charge >= 0.3 is 5.97 Å². The maximum absolute atomic E-state index is 12.0. The average Bonchev–Trinajstić information content (AvgIpc) is 2.94. The molecule has 0 saturated heterocycles. The third kappa shape index (κ3) is 2.72. The first-order chi connectivity index (χ1) is 11.1. The molecule has 0 atom stereocenters. The molecule has 7 nitrogen and oxygen atoms in total. The van der Waals surface area contributed by atoms with E-state index in [0.29, 0.717) is 12.4 Å². The summed E-state index contributed by atoms with van der Waals surface area (Å²) in [6, 6.07) is 6.07. The lowest BCUT2D eigenvalue weighted by Crippen LogP contribution is -2.57. The highest BCUT2D eigenvalue weighted by atomic mass is 16.5. The van der Waals surface area contributed by atoms with E-state index in [1.54, 1.807) is 4.68 Å². The van der Waals surface area contributed by atoms with Gasteiger partial charge in [0.25, 0.3) is 0 Å². The summed E-state index contributed by atoms with van der Waals surface area (Å²) in [6.45, 7) is 4.47. The number of ether oxygens (including phenoxy) is 1. The number of benzene rings is 1. The fraction of sp³-hybridized carbons (Fsp3) is 0.500. The summed E-state index contributed by atoms with van der Waals surface area (Å²) in [7, 11) is 1.42. The normalized spacial score (nSPS) is 16.0. The van der Waals surface area contributed by atoms with Crippen LogP contribution in [0.25, 0.3) is 5.69 Å². The molecule has 0 spiro atoms. The smallest absolute Gasteiger partial charge is 0.326 e. The predicted molar refractivity (Wildman–Crippen MR) is 84.1 cm³/mol. The number of hydrogen-bond donors (Lipinski definition) is 1. The highest BCUT2D eigenvalue weighted by Gasteiger charge is 2.45. The standard InChI is InChI=1S/C16H21N5O2/c1-11-6-4-7-12(2)14(11)21-13(18-19-20-21)10-17-16(8-5-9-16)15(22)23-3/h4,6-7,17H,5,8-10H2,1-3H3. The summed E-state index contributed by atoms with van der Waals surface area (Å²) in [5.74, 6) is 0.465. The van der Waals surface area contributed by atoms with Crippen LogP contribution in [0.1, 0.15) is 36.2 Å². The zero-order valence-corrected chi connectivity index (χ0v) is 13.7. The van der Waals surface area contributed by atoms with E-state index in [1.807, 2.05) is 32.0 Å². The summed E-state index contributed by atoms with van der Waals surface area (Å²) in [4.78, 5) is 12.0. The number of esters is 1. The maximum Gasteiger partial charge on any atom is 0.326 e. The minimum Gasteiger partial charge on any atom is -0.468 e. The van der Waals surface area contributed by atoms with Crippen LogP contribution in [0.2, 0.25) is 0 Å². The average molecular weight is 315 g/mol. The van der Waals surface area contributed by atoms with Gasteiger partial charge in [0.15, 0.2) is 5.82 Å². The molecular weight excluding hydrogens is 294 g/mol. The fourth-order valence-electron chi connectivity index (χ4n) is 3.06. The van der Waals surface area contributed by atoms with Crippen LogP contribution in [0.3, 0.4) is 0 Å². The Morgan fingerprint density at radius 1 is 1.35 bits per heavy atom. The minimum absolute atomic E-state index is 0.213. The molecule has 0 radical (unpaired) electrons. The number of para-hydroxylation sites is 1. The number of methoxy groups -OCH3 is 1. The number of aryl methyl sites for hydroxylation is 2. The van der Waals surface area contributed by atoms with Crippen molar-refractivity contribution in [1.82, 2.24) is 25.5 Å². The van der Waals surface area contributed by atoms with Gasteiger partial charge in [0.1, 0.15) is 5.54 Å². The van der Waals surface area contributed by atoms with Gasteiger partial charge in [0.05, 0.1) is 19.3 Å². The van der Waals surface area contributed by atoms with E-state index in [0.717, 1.165) is 36.1 Å². The van der Waals surface area contributed by atoms with Crippen LogP contribution in [0.15, 0.2) is 18.2 Å². The van der Waals surface area contributed by atoms with Gasteiger partial charge in [0, 0.05) is 0 Å². The molecule has 2 aromatic rings. The molecule has 0 amide bonds. The second-order valence-electron chi connectivity index (χ2n) is 6.03. The van der Waals surface area contributed by atoms with Crippen molar-refractivity contribution in [3.05, 3.63) is 35.2 Å². The van der Waals surface area contributed by atoms with Crippen LogP contribution in [-0.4, -0.2) is 38.8 Å². The molecule has 1 heterocycles. The first kappa shape index (κ1) is 15.6. The third-order valence-corrected chi connectivity index (χ3v) is 4.55. The Labute approximate surface area is 135 Å². The van der Waals surface area contributed by atoms with Gasteiger partial charge in [-0.25, -0.2) is 0 Å². The molecule has 122 valence electrons. The van der Waals surface area contributed by atoms with Crippen molar-refractivity contribution in [2.75, 3.05) is 7.11 Å². The Hall–Kier alpha value is -2.28. The van der Waals surface area contributed by atoms with Gasteiger partial charge in [-0.05, 0) is 54.7 Å². The fourth-order valence-corrected chi connectivity index (χ4v) is 3.06. The van der Waals surface area contributed by atoms with Crippen molar-refractivity contribution < 1.29 is 9.53 Å². The summed E-state index contributed by atoms with van der Waals surface area (Å²) in [5, 5.41) is 15.3. The molecule has 1 N–H and O–H groups in total. The van der Waals surface area contributed by atoms with E-state index in [1.165, 1.54) is 7.11 Å². The Bertz CT molecular complexity index is 701. The summed E-state index contributed by atoms with van der Waals surface area (Å²) < 4.78 is 6.66. The Morgan fingerprint density at radius 3 is 2.61 bits per heavy atom. The molecule has 1 fully saturated rings. The highest BCUT2D eigenvalue weighted by molar-refractivity contribution is 5.81. The lowest BCUT2D eigenvalue weighted by Gasteiger charge is -2.39. The van der Waals surface area contributed by atoms with Crippen molar-refractivity contribution in [3.63, 3.8) is 0 Å². The van der Waals surface area contributed by atoms with E-state index in [-0.39, 0.29) is 5.97 Å². The van der Waals surface area contributed by atoms with Crippen LogP contribution in [-0.2, 0) is 16.1 Å². The van der Waals surface area contributed by atoms with Crippen molar-refractivity contribution in [2.24, 2.45) is 0 Å². The molecule has 1 aromatic carbocycles. The van der Waals surface area contributed by atoms with E-state index < -0.39 is 5.54 Å². The molecule has 7 heteroatoms. The monoisotopic (exact) mass is 315 g/mol. The lowest BCUT2D eigenvalue weighted by atomic mass is 9.76. The first-order valence-electron chi connectivity index (χ1n) is 7.75. The van der Waals surface area contributed by atoms with Gasteiger partial charge in [-0.15, -0.1) is 5.10 Å². The highest BCUT2D eigenvalue weighted by Crippen LogP contribution is 2.33. The summed E-state index contributed by atoms with van der Waals surface area (Å²) >= 11 is 0. The number of nitrogens with zero attached hydrogens (tertiary/aromatic N) is 4. The Morgan fingerprint density at radius 2 is 2.04 bits per heavy atom. The lowest BCUT2D eigenvalue weighted by molar-refractivity contribution is -0.152. The predicted octanol–water partition coefficient (Wildman–Crippen LogP) is 1.46. The second kappa shape index (κ2) is 6.08. The third-order valence-electron chi connectivity index (χ3n) is 4.55. The number of carbonyl (C=O) groups is 1.